The van der Waals surface area contributed by atoms with Crippen molar-refractivity contribution < 1.29 is 4.74 Å². The van der Waals surface area contributed by atoms with Crippen molar-refractivity contribution in [2.24, 2.45) is 0 Å². The Morgan fingerprint density at radius 2 is 2.04 bits per heavy atom. The summed E-state index contributed by atoms with van der Waals surface area (Å²) in [5.41, 5.74) is 1.06. The zero-order valence-corrected chi connectivity index (χ0v) is 14.5. The molecule has 1 aliphatic rings. The summed E-state index contributed by atoms with van der Waals surface area (Å²) in [4.78, 5) is 17.1. The number of rotatable bonds is 6. The normalized spacial score (nSPS) is 16.6. The predicted molar refractivity (Wildman–Crippen MR) is 92.5 cm³/mol. The van der Waals surface area contributed by atoms with Gasteiger partial charge in [0.2, 0.25) is 0 Å². The molecule has 0 bridgehead atoms. The van der Waals surface area contributed by atoms with Crippen LogP contribution in [0.15, 0.2) is 18.6 Å². The van der Waals surface area contributed by atoms with Crippen LogP contribution >= 0.6 is 11.3 Å². The number of thiazole rings is 1. The highest BCUT2D eigenvalue weighted by molar-refractivity contribution is 7.15. The van der Waals surface area contributed by atoms with Gasteiger partial charge in [-0.25, -0.2) is 9.97 Å². The van der Waals surface area contributed by atoms with Crippen LogP contribution in [0.3, 0.4) is 0 Å². The lowest BCUT2D eigenvalue weighted by molar-refractivity contribution is 0.130. The minimum absolute atomic E-state index is 0.450. The Morgan fingerprint density at radius 1 is 1.26 bits per heavy atom. The first-order valence-corrected chi connectivity index (χ1v) is 8.79. The minimum Gasteiger partial charge on any atom is -0.383 e. The molecule has 0 atom stereocenters. The molecule has 2 aromatic rings. The standard InChI is InChI=1S/C16H23N5OS/c1-12-11-19-16(23-12)20-15-14(17-5-6-18-15)13-3-7-21(8-4-13)9-10-22-2/h5-6,11,13H,3-4,7-10H2,1-2H3,(H,18,19,20). The number of likely N-dealkylation sites (tertiary alicyclic amines) is 1. The van der Waals surface area contributed by atoms with Crippen LogP contribution in [-0.2, 0) is 4.74 Å². The summed E-state index contributed by atoms with van der Waals surface area (Å²) < 4.78 is 5.16. The van der Waals surface area contributed by atoms with Gasteiger partial charge in [0.1, 0.15) is 0 Å². The molecule has 0 saturated carbocycles. The number of anilines is 2. The van der Waals surface area contributed by atoms with Gasteiger partial charge in [-0.1, -0.05) is 0 Å². The van der Waals surface area contributed by atoms with Crippen LogP contribution in [0.1, 0.15) is 29.3 Å². The maximum atomic E-state index is 5.16. The van der Waals surface area contributed by atoms with Crippen LogP contribution in [0.2, 0.25) is 0 Å². The number of hydrogen-bond acceptors (Lipinski definition) is 7. The van der Waals surface area contributed by atoms with E-state index < -0.39 is 0 Å². The average Bonchev–Trinajstić information content (AvgIpc) is 2.99. The third-order valence-corrected chi connectivity index (χ3v) is 4.99. The lowest BCUT2D eigenvalue weighted by Gasteiger charge is -2.31. The van der Waals surface area contributed by atoms with Crippen molar-refractivity contribution >= 4 is 22.3 Å². The summed E-state index contributed by atoms with van der Waals surface area (Å²) >= 11 is 1.64. The van der Waals surface area contributed by atoms with E-state index in [2.05, 4.69) is 32.1 Å². The summed E-state index contributed by atoms with van der Waals surface area (Å²) in [6, 6.07) is 0. The first-order valence-electron chi connectivity index (χ1n) is 7.98. The van der Waals surface area contributed by atoms with E-state index in [1.54, 1.807) is 30.8 Å². The highest BCUT2D eigenvalue weighted by atomic mass is 32.1. The Bertz CT molecular complexity index is 624. The second-order valence-corrected chi connectivity index (χ2v) is 7.03. The molecule has 7 heteroatoms. The predicted octanol–water partition coefficient (Wildman–Crippen LogP) is 2.81. The van der Waals surface area contributed by atoms with Crippen LogP contribution in [0.4, 0.5) is 10.9 Å². The van der Waals surface area contributed by atoms with Gasteiger partial charge in [-0.2, -0.15) is 0 Å². The van der Waals surface area contributed by atoms with E-state index in [9.17, 15) is 0 Å². The Hall–Kier alpha value is -1.57. The lowest BCUT2D eigenvalue weighted by Crippen LogP contribution is -2.35. The van der Waals surface area contributed by atoms with Gasteiger partial charge in [-0.3, -0.25) is 4.98 Å². The molecular formula is C16H23N5OS. The average molecular weight is 333 g/mol. The third kappa shape index (κ3) is 4.25. The van der Waals surface area contributed by atoms with Gasteiger partial charge in [0.05, 0.1) is 12.3 Å². The van der Waals surface area contributed by atoms with Gasteiger partial charge in [-0.15, -0.1) is 11.3 Å². The molecule has 1 saturated heterocycles. The second kappa shape index (κ2) is 7.81. The first kappa shape index (κ1) is 16.3. The SMILES string of the molecule is COCCN1CCC(c2nccnc2Nc2ncc(C)s2)CC1. The molecule has 1 aliphatic heterocycles. The van der Waals surface area contributed by atoms with Crippen LogP contribution in [0, 0.1) is 6.92 Å². The summed E-state index contributed by atoms with van der Waals surface area (Å²) in [5, 5.41) is 4.21. The van der Waals surface area contributed by atoms with Crippen LogP contribution < -0.4 is 5.32 Å². The maximum absolute atomic E-state index is 5.16. The van der Waals surface area contributed by atoms with E-state index in [0.717, 1.165) is 55.7 Å². The molecule has 0 amide bonds. The van der Waals surface area contributed by atoms with E-state index in [1.807, 2.05) is 6.20 Å². The number of ether oxygens (including phenoxy) is 1. The molecule has 1 fully saturated rings. The van der Waals surface area contributed by atoms with Gasteiger partial charge in [0.25, 0.3) is 0 Å². The zero-order valence-electron chi connectivity index (χ0n) is 13.7. The molecule has 0 aromatic carbocycles. The first-order chi connectivity index (χ1) is 11.3. The molecule has 0 unspecified atom stereocenters. The molecule has 23 heavy (non-hydrogen) atoms. The van der Waals surface area contributed by atoms with Crippen molar-refractivity contribution in [1.29, 1.82) is 0 Å². The molecule has 0 spiro atoms. The minimum atomic E-state index is 0.450. The number of piperidine rings is 1. The number of methoxy groups -OCH3 is 1. The van der Waals surface area contributed by atoms with E-state index in [4.69, 9.17) is 4.74 Å². The molecule has 124 valence electrons. The Labute approximate surface area is 140 Å². The number of aromatic nitrogens is 3. The van der Waals surface area contributed by atoms with Crippen LogP contribution in [0.25, 0.3) is 0 Å². The summed E-state index contributed by atoms with van der Waals surface area (Å²) in [6.07, 6.45) is 7.60. The van der Waals surface area contributed by atoms with E-state index >= 15 is 0 Å². The third-order valence-electron chi connectivity index (χ3n) is 4.16. The van der Waals surface area contributed by atoms with Gasteiger partial charge in [-0.05, 0) is 32.9 Å². The quantitative estimate of drug-likeness (QED) is 0.877. The van der Waals surface area contributed by atoms with Crippen molar-refractivity contribution in [3.05, 3.63) is 29.2 Å². The molecule has 6 nitrogen and oxygen atoms in total. The largest absolute Gasteiger partial charge is 0.383 e. The van der Waals surface area contributed by atoms with Crippen molar-refractivity contribution in [1.82, 2.24) is 19.9 Å². The van der Waals surface area contributed by atoms with E-state index in [0.29, 0.717) is 5.92 Å². The van der Waals surface area contributed by atoms with Crippen LogP contribution in [0.5, 0.6) is 0 Å². The molecule has 3 rings (SSSR count). The van der Waals surface area contributed by atoms with Crippen molar-refractivity contribution in [2.45, 2.75) is 25.7 Å². The molecule has 1 N–H and O–H groups in total. The van der Waals surface area contributed by atoms with E-state index in [1.165, 1.54) is 4.88 Å². The Kier molecular flexibility index (Phi) is 5.53. The van der Waals surface area contributed by atoms with Gasteiger partial charge < -0.3 is 15.0 Å². The van der Waals surface area contributed by atoms with Gasteiger partial charge in [0, 0.05) is 43.0 Å². The monoisotopic (exact) mass is 333 g/mol. The number of hydrogen-bond donors (Lipinski definition) is 1. The Balaban J connectivity index is 1.66. The number of aryl methyl sites for hydroxylation is 1. The molecule has 0 aliphatic carbocycles. The fourth-order valence-corrected chi connectivity index (χ4v) is 3.57. The lowest BCUT2D eigenvalue weighted by atomic mass is 9.93. The zero-order chi connectivity index (χ0) is 16.1. The number of nitrogens with zero attached hydrogens (tertiary/aromatic N) is 4. The Morgan fingerprint density at radius 3 is 2.74 bits per heavy atom. The molecule has 2 aromatic heterocycles. The second-order valence-electron chi connectivity index (χ2n) is 5.80. The highest BCUT2D eigenvalue weighted by Gasteiger charge is 2.24. The topological polar surface area (TPSA) is 63.2 Å². The molecule has 3 heterocycles. The van der Waals surface area contributed by atoms with E-state index in [-0.39, 0.29) is 0 Å². The summed E-state index contributed by atoms with van der Waals surface area (Å²) in [5.74, 6) is 1.29. The fourth-order valence-electron chi connectivity index (χ4n) is 2.91. The highest BCUT2D eigenvalue weighted by Crippen LogP contribution is 2.32. The molecule has 0 radical (unpaired) electrons. The molecular weight excluding hydrogens is 310 g/mol. The van der Waals surface area contributed by atoms with Crippen molar-refractivity contribution in [2.75, 3.05) is 38.7 Å². The van der Waals surface area contributed by atoms with Gasteiger partial charge >= 0.3 is 0 Å². The summed E-state index contributed by atoms with van der Waals surface area (Å²) in [6.45, 7) is 6.02. The fraction of sp³-hybridized carbons (Fsp3) is 0.562. The smallest absolute Gasteiger partial charge is 0.188 e. The van der Waals surface area contributed by atoms with Gasteiger partial charge in [0.15, 0.2) is 10.9 Å². The van der Waals surface area contributed by atoms with Crippen molar-refractivity contribution in [3.8, 4) is 0 Å². The van der Waals surface area contributed by atoms with Crippen LogP contribution in [-0.4, -0.2) is 53.2 Å². The maximum Gasteiger partial charge on any atom is 0.188 e. The van der Waals surface area contributed by atoms with Crippen molar-refractivity contribution in [3.63, 3.8) is 0 Å². The number of nitrogens with one attached hydrogen (secondary N) is 1. The summed E-state index contributed by atoms with van der Waals surface area (Å²) in [7, 11) is 1.75.